The van der Waals surface area contributed by atoms with E-state index in [-0.39, 0.29) is 36.1 Å². The fraction of sp³-hybridized carbons (Fsp3) is 0.500. The summed E-state index contributed by atoms with van der Waals surface area (Å²) in [5.74, 6) is 0.189. The van der Waals surface area contributed by atoms with E-state index in [0.717, 1.165) is 13.0 Å². The second kappa shape index (κ2) is 10.7. The van der Waals surface area contributed by atoms with E-state index in [1.807, 2.05) is 12.1 Å². The summed E-state index contributed by atoms with van der Waals surface area (Å²) in [5, 5.41) is 14.0. The monoisotopic (exact) mass is 454 g/mol. The standard InChI is InChI=1S/C24H30N4O5/c1-32-24(31)28-10-8-18(9-11-28)33-23-13-20(26-15-27-23)22(30)7-6-21(29)19-12-16-4-2-3-5-17(16)14-25-19/h2-5,13,15,18-19,21,25,29H,6-12,14H2,1H3/t19-,21+/m0/s1. The van der Waals surface area contributed by atoms with E-state index in [4.69, 9.17) is 9.47 Å². The number of ether oxygens (including phenoxy) is 2. The molecule has 1 aromatic carbocycles. The number of nitrogens with zero attached hydrogens (tertiary/aromatic N) is 3. The molecule has 0 saturated carbocycles. The van der Waals surface area contributed by atoms with Gasteiger partial charge >= 0.3 is 6.09 Å². The van der Waals surface area contributed by atoms with Crippen LogP contribution in [-0.2, 0) is 17.7 Å². The first-order valence-electron chi connectivity index (χ1n) is 11.4. The number of piperidine rings is 1. The van der Waals surface area contributed by atoms with E-state index < -0.39 is 6.10 Å². The number of carbonyl (C=O) groups excluding carboxylic acids is 2. The summed E-state index contributed by atoms with van der Waals surface area (Å²) in [6.07, 6.45) is 2.87. The van der Waals surface area contributed by atoms with E-state index in [1.165, 1.54) is 24.6 Å². The summed E-state index contributed by atoms with van der Waals surface area (Å²) in [4.78, 5) is 34.1. The SMILES string of the molecule is COC(=O)N1CCC(Oc2cc(C(=O)CC[C@@H](O)[C@@H]3Cc4ccccc4CN3)ncn2)CC1. The highest BCUT2D eigenvalue weighted by Crippen LogP contribution is 2.21. The van der Waals surface area contributed by atoms with Crippen LogP contribution in [0.15, 0.2) is 36.7 Å². The average Bonchev–Trinajstić information content (AvgIpc) is 2.87. The van der Waals surface area contributed by atoms with Gasteiger partial charge in [-0.15, -0.1) is 0 Å². The molecule has 33 heavy (non-hydrogen) atoms. The number of ketones is 1. The van der Waals surface area contributed by atoms with Gasteiger partial charge in [-0.3, -0.25) is 4.79 Å². The van der Waals surface area contributed by atoms with Crippen LogP contribution in [-0.4, -0.2) is 70.3 Å². The minimum atomic E-state index is -0.625. The number of likely N-dealkylation sites (tertiary alicyclic amines) is 1. The summed E-state index contributed by atoms with van der Waals surface area (Å²) in [6, 6.07) is 9.67. The highest BCUT2D eigenvalue weighted by atomic mass is 16.5. The van der Waals surface area contributed by atoms with Crippen molar-refractivity contribution in [3.63, 3.8) is 0 Å². The highest BCUT2D eigenvalue weighted by Gasteiger charge is 2.26. The maximum absolute atomic E-state index is 12.7. The maximum Gasteiger partial charge on any atom is 0.409 e. The number of Topliss-reactive ketones (excluding diaryl/α,β-unsaturated/α-hetero) is 1. The van der Waals surface area contributed by atoms with E-state index >= 15 is 0 Å². The Balaban J connectivity index is 1.26. The third-order valence-electron chi connectivity index (χ3n) is 6.33. The van der Waals surface area contributed by atoms with Gasteiger partial charge < -0.3 is 24.8 Å². The van der Waals surface area contributed by atoms with Crippen molar-refractivity contribution in [1.82, 2.24) is 20.2 Å². The topological polar surface area (TPSA) is 114 Å². The zero-order chi connectivity index (χ0) is 23.2. The number of aromatic nitrogens is 2. The van der Waals surface area contributed by atoms with Crippen LogP contribution in [0.5, 0.6) is 5.88 Å². The van der Waals surface area contributed by atoms with E-state index in [9.17, 15) is 14.7 Å². The lowest BCUT2D eigenvalue weighted by Crippen LogP contribution is -2.44. The number of nitrogens with one attached hydrogen (secondary N) is 1. The molecule has 1 aromatic heterocycles. The molecule has 0 spiro atoms. The van der Waals surface area contributed by atoms with E-state index in [0.29, 0.717) is 38.2 Å². The first-order chi connectivity index (χ1) is 16.0. The largest absolute Gasteiger partial charge is 0.474 e. The van der Waals surface area contributed by atoms with Gasteiger partial charge in [0.25, 0.3) is 0 Å². The molecule has 9 heteroatoms. The number of benzene rings is 1. The highest BCUT2D eigenvalue weighted by molar-refractivity contribution is 5.94. The van der Waals surface area contributed by atoms with Crippen molar-refractivity contribution >= 4 is 11.9 Å². The number of fused-ring (bicyclic) bond motifs is 1. The van der Waals surface area contributed by atoms with Crippen molar-refractivity contribution in [2.45, 2.75) is 56.9 Å². The molecule has 1 fully saturated rings. The number of methoxy groups -OCH3 is 1. The molecule has 2 atom stereocenters. The fourth-order valence-corrected chi connectivity index (χ4v) is 4.37. The zero-order valence-corrected chi connectivity index (χ0v) is 18.8. The Hall–Kier alpha value is -3.04. The summed E-state index contributed by atoms with van der Waals surface area (Å²) >= 11 is 0. The number of hydrogen-bond acceptors (Lipinski definition) is 8. The molecule has 2 aliphatic heterocycles. The Kier molecular flexibility index (Phi) is 7.51. The Morgan fingerprint density at radius 2 is 1.97 bits per heavy atom. The molecule has 1 amide bonds. The number of aliphatic hydroxyl groups is 1. The average molecular weight is 455 g/mol. The van der Waals surface area contributed by atoms with Gasteiger partial charge in [0, 0.05) is 51.0 Å². The zero-order valence-electron chi connectivity index (χ0n) is 18.8. The second-order valence-electron chi connectivity index (χ2n) is 8.51. The molecule has 4 rings (SSSR count). The Bertz CT molecular complexity index is 977. The van der Waals surface area contributed by atoms with Gasteiger partial charge in [-0.05, 0) is 24.0 Å². The van der Waals surface area contributed by atoms with Crippen LogP contribution in [0.25, 0.3) is 0 Å². The van der Waals surface area contributed by atoms with Gasteiger partial charge in [0.2, 0.25) is 5.88 Å². The minimum Gasteiger partial charge on any atom is -0.474 e. The number of aliphatic hydroxyl groups excluding tert-OH is 1. The van der Waals surface area contributed by atoms with Crippen LogP contribution in [0.1, 0.15) is 47.3 Å². The molecule has 176 valence electrons. The van der Waals surface area contributed by atoms with Crippen LogP contribution in [0.3, 0.4) is 0 Å². The van der Waals surface area contributed by atoms with E-state index in [2.05, 4.69) is 27.4 Å². The molecule has 0 radical (unpaired) electrons. The summed E-state index contributed by atoms with van der Waals surface area (Å²) in [7, 11) is 1.37. The van der Waals surface area contributed by atoms with Gasteiger partial charge in [-0.25, -0.2) is 14.8 Å². The molecule has 2 aliphatic rings. The van der Waals surface area contributed by atoms with Crippen LogP contribution in [0.4, 0.5) is 4.79 Å². The second-order valence-corrected chi connectivity index (χ2v) is 8.51. The predicted octanol–water partition coefficient (Wildman–Crippen LogP) is 2.12. The molecule has 9 nitrogen and oxygen atoms in total. The Labute approximate surface area is 193 Å². The lowest BCUT2D eigenvalue weighted by Gasteiger charge is -2.30. The van der Waals surface area contributed by atoms with Crippen molar-refractivity contribution in [2.24, 2.45) is 0 Å². The maximum atomic E-state index is 12.7. The predicted molar refractivity (Wildman–Crippen MR) is 120 cm³/mol. The lowest BCUT2D eigenvalue weighted by molar-refractivity contribution is 0.0767. The summed E-state index contributed by atoms with van der Waals surface area (Å²) in [6.45, 7) is 1.81. The molecule has 2 N–H and O–H groups in total. The third-order valence-corrected chi connectivity index (χ3v) is 6.33. The molecule has 3 heterocycles. The third kappa shape index (κ3) is 5.85. The lowest BCUT2D eigenvalue weighted by atomic mass is 9.91. The number of carbonyl (C=O) groups is 2. The number of rotatable bonds is 7. The Morgan fingerprint density at radius 3 is 2.73 bits per heavy atom. The smallest absolute Gasteiger partial charge is 0.409 e. The molecule has 2 aromatic rings. The summed E-state index contributed by atoms with van der Waals surface area (Å²) in [5.41, 5.74) is 2.77. The van der Waals surface area contributed by atoms with Crippen molar-refractivity contribution in [3.8, 4) is 5.88 Å². The van der Waals surface area contributed by atoms with Crippen molar-refractivity contribution < 1.29 is 24.2 Å². The molecular formula is C24H30N4O5. The van der Waals surface area contributed by atoms with Crippen molar-refractivity contribution in [3.05, 3.63) is 53.5 Å². The van der Waals surface area contributed by atoms with Crippen molar-refractivity contribution in [1.29, 1.82) is 0 Å². The van der Waals surface area contributed by atoms with Gasteiger partial charge in [0.15, 0.2) is 5.78 Å². The molecule has 0 unspecified atom stereocenters. The van der Waals surface area contributed by atoms with E-state index in [1.54, 1.807) is 11.0 Å². The first kappa shape index (κ1) is 23.1. The first-order valence-corrected chi connectivity index (χ1v) is 11.4. The van der Waals surface area contributed by atoms with Crippen molar-refractivity contribution in [2.75, 3.05) is 20.2 Å². The quantitative estimate of drug-likeness (QED) is 0.612. The van der Waals surface area contributed by atoms with Gasteiger partial charge in [0.1, 0.15) is 18.1 Å². The van der Waals surface area contributed by atoms with Crippen LogP contribution >= 0.6 is 0 Å². The minimum absolute atomic E-state index is 0.0761. The Morgan fingerprint density at radius 1 is 1.21 bits per heavy atom. The number of amides is 1. The van der Waals surface area contributed by atoms with Gasteiger partial charge in [-0.2, -0.15) is 0 Å². The van der Waals surface area contributed by atoms with Crippen LogP contribution in [0.2, 0.25) is 0 Å². The fourth-order valence-electron chi connectivity index (χ4n) is 4.37. The summed E-state index contributed by atoms with van der Waals surface area (Å²) < 4.78 is 10.7. The molecular weight excluding hydrogens is 424 g/mol. The molecule has 0 aliphatic carbocycles. The molecule has 0 bridgehead atoms. The normalized spacial score (nSPS) is 19.5. The van der Waals surface area contributed by atoms with Gasteiger partial charge in [0.05, 0.1) is 13.2 Å². The van der Waals surface area contributed by atoms with Crippen LogP contribution < -0.4 is 10.1 Å². The van der Waals surface area contributed by atoms with Crippen LogP contribution in [0, 0.1) is 0 Å². The van der Waals surface area contributed by atoms with Gasteiger partial charge in [-0.1, -0.05) is 24.3 Å². The molecule has 1 saturated heterocycles. The number of hydrogen-bond donors (Lipinski definition) is 2.